The summed E-state index contributed by atoms with van der Waals surface area (Å²) in [5, 5.41) is 13.0. The monoisotopic (exact) mass is 249 g/mol. The summed E-state index contributed by atoms with van der Waals surface area (Å²) in [5.41, 5.74) is 2.51. The van der Waals surface area contributed by atoms with Crippen LogP contribution in [0.3, 0.4) is 0 Å². The number of benzene rings is 1. The highest BCUT2D eigenvalue weighted by molar-refractivity contribution is 5.45. The predicted octanol–water partition coefficient (Wildman–Crippen LogP) is 4.02. The second-order valence-corrected chi connectivity index (χ2v) is 5.50. The molecule has 0 amide bonds. The summed E-state index contributed by atoms with van der Waals surface area (Å²) in [6, 6.07) is 8.60. The first-order valence-electron chi connectivity index (χ1n) is 7.01. The number of nitrogens with one attached hydrogen (secondary N) is 1. The molecule has 0 unspecified atom stereocenters. The summed E-state index contributed by atoms with van der Waals surface area (Å²) in [4.78, 5) is 0. The summed E-state index contributed by atoms with van der Waals surface area (Å²) in [5.74, 6) is 0.571. The fraction of sp³-hybridized carbons (Fsp3) is 0.625. The summed E-state index contributed by atoms with van der Waals surface area (Å²) in [6.07, 6.45) is 1.99. The minimum atomic E-state index is 0.0106. The Balaban J connectivity index is 2.62. The van der Waals surface area contributed by atoms with E-state index >= 15 is 0 Å². The van der Waals surface area contributed by atoms with Gasteiger partial charge in [0, 0.05) is 17.6 Å². The quantitative estimate of drug-likeness (QED) is 0.765. The molecule has 0 heterocycles. The molecule has 0 fully saturated rings. The van der Waals surface area contributed by atoms with Crippen LogP contribution in [0.4, 0.5) is 5.69 Å². The Kier molecular flexibility index (Phi) is 5.67. The molecule has 1 rings (SSSR count). The van der Waals surface area contributed by atoms with Crippen molar-refractivity contribution in [1.29, 1.82) is 0 Å². The third-order valence-corrected chi connectivity index (χ3v) is 4.08. The second-order valence-electron chi connectivity index (χ2n) is 5.50. The van der Waals surface area contributed by atoms with Crippen molar-refractivity contribution >= 4 is 5.69 Å². The van der Waals surface area contributed by atoms with Gasteiger partial charge in [-0.05, 0) is 36.5 Å². The van der Waals surface area contributed by atoms with E-state index in [1.165, 1.54) is 5.56 Å². The smallest absolute Gasteiger partial charge is 0.0504 e. The molecular weight excluding hydrogens is 222 g/mol. The zero-order valence-corrected chi connectivity index (χ0v) is 12.2. The number of aliphatic hydroxyl groups excluding tert-OH is 1. The average molecular weight is 249 g/mol. The van der Waals surface area contributed by atoms with Crippen LogP contribution in [-0.4, -0.2) is 18.3 Å². The molecule has 1 aromatic rings. The van der Waals surface area contributed by atoms with E-state index in [2.05, 4.69) is 57.3 Å². The Morgan fingerprint density at radius 1 is 1.11 bits per heavy atom. The average Bonchev–Trinajstić information content (AvgIpc) is 2.41. The van der Waals surface area contributed by atoms with E-state index in [0.29, 0.717) is 5.92 Å². The Hall–Kier alpha value is -1.02. The molecule has 0 spiro atoms. The summed E-state index contributed by atoms with van der Waals surface area (Å²) >= 11 is 0. The van der Waals surface area contributed by atoms with Crippen molar-refractivity contribution in [2.24, 2.45) is 5.41 Å². The first-order valence-corrected chi connectivity index (χ1v) is 7.01. The zero-order chi connectivity index (χ0) is 13.6. The lowest BCUT2D eigenvalue weighted by atomic mass is 9.83. The van der Waals surface area contributed by atoms with Crippen molar-refractivity contribution in [1.82, 2.24) is 0 Å². The van der Waals surface area contributed by atoms with Gasteiger partial charge in [0.05, 0.1) is 6.61 Å². The molecule has 0 saturated carbocycles. The van der Waals surface area contributed by atoms with Crippen LogP contribution in [0.5, 0.6) is 0 Å². The Morgan fingerprint density at radius 2 is 1.67 bits per heavy atom. The third-order valence-electron chi connectivity index (χ3n) is 4.08. The van der Waals surface area contributed by atoms with E-state index in [9.17, 15) is 5.11 Å². The standard InChI is InChI=1S/C16H27NO/c1-5-16(6-2,12-18)11-17-15-9-7-14(8-10-15)13(3)4/h7-10,13,17-18H,5-6,11-12H2,1-4H3. The molecule has 0 atom stereocenters. The Morgan fingerprint density at radius 3 is 2.06 bits per heavy atom. The van der Waals surface area contributed by atoms with Gasteiger partial charge in [0.2, 0.25) is 0 Å². The van der Waals surface area contributed by atoms with Crippen molar-refractivity contribution in [2.75, 3.05) is 18.5 Å². The zero-order valence-electron chi connectivity index (χ0n) is 12.2. The normalized spacial score (nSPS) is 11.9. The van der Waals surface area contributed by atoms with Crippen molar-refractivity contribution < 1.29 is 5.11 Å². The summed E-state index contributed by atoms with van der Waals surface area (Å²) in [6.45, 7) is 9.77. The molecule has 0 aliphatic rings. The van der Waals surface area contributed by atoms with Crippen LogP contribution >= 0.6 is 0 Å². The number of hydrogen-bond donors (Lipinski definition) is 2. The van der Waals surface area contributed by atoms with Crippen LogP contribution in [0.2, 0.25) is 0 Å². The van der Waals surface area contributed by atoms with E-state index in [-0.39, 0.29) is 12.0 Å². The third kappa shape index (κ3) is 3.74. The van der Waals surface area contributed by atoms with Crippen LogP contribution < -0.4 is 5.32 Å². The first-order chi connectivity index (χ1) is 8.56. The van der Waals surface area contributed by atoms with Gasteiger partial charge in [0.15, 0.2) is 0 Å². The van der Waals surface area contributed by atoms with Crippen LogP contribution in [0.15, 0.2) is 24.3 Å². The van der Waals surface area contributed by atoms with Gasteiger partial charge in [-0.15, -0.1) is 0 Å². The molecule has 0 aliphatic carbocycles. The molecule has 2 heteroatoms. The Bertz CT molecular complexity index is 330. The van der Waals surface area contributed by atoms with E-state index in [0.717, 1.165) is 25.1 Å². The van der Waals surface area contributed by atoms with Gasteiger partial charge in [-0.3, -0.25) is 0 Å². The number of hydrogen-bond acceptors (Lipinski definition) is 2. The summed E-state index contributed by atoms with van der Waals surface area (Å²) in [7, 11) is 0. The number of anilines is 1. The first kappa shape index (κ1) is 15.0. The second kappa shape index (κ2) is 6.79. The van der Waals surface area contributed by atoms with Gasteiger partial charge in [-0.2, -0.15) is 0 Å². The molecule has 102 valence electrons. The fourth-order valence-electron chi connectivity index (χ4n) is 2.05. The largest absolute Gasteiger partial charge is 0.396 e. The lowest BCUT2D eigenvalue weighted by molar-refractivity contribution is 0.127. The van der Waals surface area contributed by atoms with E-state index < -0.39 is 0 Å². The fourth-order valence-corrected chi connectivity index (χ4v) is 2.05. The topological polar surface area (TPSA) is 32.3 Å². The maximum Gasteiger partial charge on any atom is 0.0504 e. The summed E-state index contributed by atoms with van der Waals surface area (Å²) < 4.78 is 0. The molecule has 2 nitrogen and oxygen atoms in total. The predicted molar refractivity (Wildman–Crippen MR) is 79.1 cm³/mol. The van der Waals surface area contributed by atoms with Gasteiger partial charge in [-0.25, -0.2) is 0 Å². The number of aliphatic hydroxyl groups is 1. The molecule has 0 bridgehead atoms. The lowest BCUT2D eigenvalue weighted by Crippen LogP contribution is -2.32. The minimum absolute atomic E-state index is 0.0106. The highest BCUT2D eigenvalue weighted by Crippen LogP contribution is 2.26. The van der Waals surface area contributed by atoms with Gasteiger partial charge >= 0.3 is 0 Å². The molecule has 0 saturated heterocycles. The lowest BCUT2D eigenvalue weighted by Gasteiger charge is -2.30. The Labute approximate surface area is 111 Å². The molecule has 18 heavy (non-hydrogen) atoms. The van der Waals surface area contributed by atoms with Crippen LogP contribution in [0.25, 0.3) is 0 Å². The van der Waals surface area contributed by atoms with Gasteiger partial charge in [0.1, 0.15) is 0 Å². The minimum Gasteiger partial charge on any atom is -0.396 e. The van der Waals surface area contributed by atoms with E-state index in [4.69, 9.17) is 0 Å². The van der Waals surface area contributed by atoms with Crippen LogP contribution in [0.1, 0.15) is 52.0 Å². The van der Waals surface area contributed by atoms with Gasteiger partial charge in [0.25, 0.3) is 0 Å². The van der Waals surface area contributed by atoms with Crippen LogP contribution in [0, 0.1) is 5.41 Å². The van der Waals surface area contributed by atoms with Crippen molar-refractivity contribution in [2.45, 2.75) is 46.5 Å². The van der Waals surface area contributed by atoms with Crippen molar-refractivity contribution in [3.8, 4) is 0 Å². The number of rotatable bonds is 7. The van der Waals surface area contributed by atoms with Crippen molar-refractivity contribution in [3.05, 3.63) is 29.8 Å². The maximum atomic E-state index is 9.53. The molecule has 0 aromatic heterocycles. The van der Waals surface area contributed by atoms with E-state index in [1.807, 2.05) is 0 Å². The van der Waals surface area contributed by atoms with Crippen molar-refractivity contribution in [3.63, 3.8) is 0 Å². The van der Waals surface area contributed by atoms with E-state index in [1.54, 1.807) is 0 Å². The highest BCUT2D eigenvalue weighted by atomic mass is 16.3. The van der Waals surface area contributed by atoms with Gasteiger partial charge < -0.3 is 10.4 Å². The highest BCUT2D eigenvalue weighted by Gasteiger charge is 2.24. The molecule has 1 aromatic carbocycles. The molecule has 2 N–H and O–H groups in total. The molecular formula is C16H27NO. The molecule has 0 aliphatic heterocycles. The maximum absolute atomic E-state index is 9.53. The SMILES string of the molecule is CCC(CC)(CO)CNc1ccc(C(C)C)cc1. The molecule has 0 radical (unpaired) electrons. The van der Waals surface area contributed by atoms with Gasteiger partial charge in [-0.1, -0.05) is 39.8 Å². The van der Waals surface area contributed by atoms with Crippen LogP contribution in [-0.2, 0) is 0 Å².